The molecular formula is C13H22N2O. The maximum Gasteiger partial charge on any atom is 0.122 e. The number of rotatable bonds is 4. The van der Waals surface area contributed by atoms with E-state index in [1.54, 1.807) is 6.26 Å². The molecule has 1 aromatic heterocycles. The molecule has 1 saturated heterocycles. The van der Waals surface area contributed by atoms with Crippen LogP contribution in [0.2, 0.25) is 0 Å². The molecule has 0 aliphatic carbocycles. The summed E-state index contributed by atoms with van der Waals surface area (Å²) in [6.07, 6.45) is 5.66. The van der Waals surface area contributed by atoms with Crippen LogP contribution < -0.4 is 5.73 Å². The number of hydrogen-bond acceptors (Lipinski definition) is 3. The summed E-state index contributed by atoms with van der Waals surface area (Å²) >= 11 is 0. The minimum Gasteiger partial charge on any atom is -0.468 e. The summed E-state index contributed by atoms with van der Waals surface area (Å²) in [4.78, 5) is 2.48. The highest BCUT2D eigenvalue weighted by Crippen LogP contribution is 2.27. The van der Waals surface area contributed by atoms with Crippen molar-refractivity contribution in [1.29, 1.82) is 0 Å². The van der Waals surface area contributed by atoms with E-state index in [0.717, 1.165) is 18.2 Å². The van der Waals surface area contributed by atoms with Crippen molar-refractivity contribution in [3.63, 3.8) is 0 Å². The van der Waals surface area contributed by atoms with Gasteiger partial charge in [0.1, 0.15) is 5.76 Å². The predicted octanol–water partition coefficient (Wildman–Crippen LogP) is 2.40. The summed E-state index contributed by atoms with van der Waals surface area (Å²) < 4.78 is 5.49. The van der Waals surface area contributed by atoms with Crippen molar-refractivity contribution < 1.29 is 4.42 Å². The van der Waals surface area contributed by atoms with Gasteiger partial charge in [-0.05, 0) is 37.4 Å². The zero-order valence-electron chi connectivity index (χ0n) is 10.1. The fraction of sp³-hybridized carbons (Fsp3) is 0.692. The van der Waals surface area contributed by atoms with Crippen molar-refractivity contribution in [3.05, 3.63) is 24.2 Å². The van der Waals surface area contributed by atoms with Gasteiger partial charge in [0.15, 0.2) is 0 Å². The number of hydrogen-bond donors (Lipinski definition) is 1. The van der Waals surface area contributed by atoms with Crippen LogP contribution in [0.25, 0.3) is 0 Å². The molecule has 3 nitrogen and oxygen atoms in total. The Bertz CT molecular complexity index is 297. The Kier molecular flexibility index (Phi) is 4.02. The van der Waals surface area contributed by atoms with Crippen molar-refractivity contribution in [2.75, 3.05) is 19.6 Å². The molecule has 0 aromatic carbocycles. The van der Waals surface area contributed by atoms with E-state index < -0.39 is 0 Å². The maximum absolute atomic E-state index is 5.88. The first-order valence-electron chi connectivity index (χ1n) is 6.32. The van der Waals surface area contributed by atoms with E-state index in [-0.39, 0.29) is 6.04 Å². The van der Waals surface area contributed by atoms with Gasteiger partial charge >= 0.3 is 0 Å². The van der Waals surface area contributed by atoms with Crippen molar-refractivity contribution in [1.82, 2.24) is 4.90 Å². The Labute approximate surface area is 97.6 Å². The van der Waals surface area contributed by atoms with E-state index in [2.05, 4.69) is 11.8 Å². The average molecular weight is 222 g/mol. The van der Waals surface area contributed by atoms with Crippen LogP contribution in [0.1, 0.15) is 38.0 Å². The first-order chi connectivity index (χ1) is 7.85. The van der Waals surface area contributed by atoms with Gasteiger partial charge in [0.25, 0.3) is 0 Å². The second-order valence-corrected chi connectivity index (χ2v) is 4.68. The lowest BCUT2D eigenvalue weighted by Gasteiger charge is -2.36. The van der Waals surface area contributed by atoms with Crippen LogP contribution in [-0.4, -0.2) is 24.5 Å². The van der Waals surface area contributed by atoms with Gasteiger partial charge in [0, 0.05) is 13.1 Å². The standard InChI is InChI=1S/C13H22N2O/c1-2-11-5-3-7-15(10-11)12(9-14)13-6-4-8-16-13/h4,6,8,11-12H,2-3,5,7,9-10,14H2,1H3. The molecule has 16 heavy (non-hydrogen) atoms. The van der Waals surface area contributed by atoms with Crippen LogP contribution in [0, 0.1) is 5.92 Å². The van der Waals surface area contributed by atoms with Crippen LogP contribution in [0.3, 0.4) is 0 Å². The van der Waals surface area contributed by atoms with Crippen molar-refractivity contribution in [2.24, 2.45) is 11.7 Å². The van der Waals surface area contributed by atoms with Crippen molar-refractivity contribution >= 4 is 0 Å². The molecule has 0 radical (unpaired) electrons. The molecule has 1 aliphatic heterocycles. The number of likely N-dealkylation sites (tertiary alicyclic amines) is 1. The second-order valence-electron chi connectivity index (χ2n) is 4.68. The summed E-state index contributed by atoms with van der Waals surface area (Å²) in [5.74, 6) is 1.84. The molecule has 2 N–H and O–H groups in total. The summed E-state index contributed by atoms with van der Waals surface area (Å²) in [6.45, 7) is 5.24. The molecule has 2 heterocycles. The third-order valence-electron chi connectivity index (χ3n) is 3.66. The molecule has 0 spiro atoms. The highest BCUT2D eigenvalue weighted by molar-refractivity contribution is 5.05. The topological polar surface area (TPSA) is 42.4 Å². The van der Waals surface area contributed by atoms with Gasteiger partial charge < -0.3 is 10.2 Å². The van der Waals surface area contributed by atoms with Crippen LogP contribution in [0.15, 0.2) is 22.8 Å². The number of piperidine rings is 1. The fourth-order valence-electron chi connectivity index (χ4n) is 2.64. The molecular weight excluding hydrogens is 200 g/mol. The zero-order valence-corrected chi connectivity index (χ0v) is 10.1. The minimum atomic E-state index is 0.268. The molecule has 1 aliphatic rings. The van der Waals surface area contributed by atoms with Crippen LogP contribution in [0.4, 0.5) is 0 Å². The van der Waals surface area contributed by atoms with Gasteiger partial charge in [-0.1, -0.05) is 13.3 Å². The lowest BCUT2D eigenvalue weighted by Crippen LogP contribution is -2.40. The molecule has 3 heteroatoms. The first kappa shape index (κ1) is 11.7. The third kappa shape index (κ3) is 2.47. The van der Waals surface area contributed by atoms with E-state index in [1.807, 2.05) is 12.1 Å². The van der Waals surface area contributed by atoms with Gasteiger partial charge in [0.05, 0.1) is 12.3 Å². The van der Waals surface area contributed by atoms with Crippen molar-refractivity contribution in [3.8, 4) is 0 Å². The molecule has 1 fully saturated rings. The number of furan rings is 1. The molecule has 0 bridgehead atoms. The molecule has 90 valence electrons. The van der Waals surface area contributed by atoms with Gasteiger partial charge in [-0.15, -0.1) is 0 Å². The SMILES string of the molecule is CCC1CCCN(C(CN)c2ccco2)C1. The van der Waals surface area contributed by atoms with E-state index in [9.17, 15) is 0 Å². The normalized spacial score (nSPS) is 24.5. The smallest absolute Gasteiger partial charge is 0.122 e. The lowest BCUT2D eigenvalue weighted by atomic mass is 9.94. The Balaban J connectivity index is 2.03. The molecule has 2 atom stereocenters. The Morgan fingerprint density at radius 1 is 1.62 bits per heavy atom. The van der Waals surface area contributed by atoms with Gasteiger partial charge in [-0.2, -0.15) is 0 Å². The first-order valence-corrected chi connectivity index (χ1v) is 6.32. The predicted molar refractivity (Wildman–Crippen MR) is 65.1 cm³/mol. The summed E-state index contributed by atoms with van der Waals surface area (Å²) in [7, 11) is 0. The fourth-order valence-corrected chi connectivity index (χ4v) is 2.64. The van der Waals surface area contributed by atoms with E-state index in [0.29, 0.717) is 6.54 Å². The van der Waals surface area contributed by atoms with E-state index >= 15 is 0 Å². The summed E-state index contributed by atoms with van der Waals surface area (Å²) in [5.41, 5.74) is 5.88. The monoisotopic (exact) mass is 222 g/mol. The highest BCUT2D eigenvalue weighted by Gasteiger charge is 2.26. The van der Waals surface area contributed by atoms with Crippen LogP contribution in [0.5, 0.6) is 0 Å². The lowest BCUT2D eigenvalue weighted by molar-refractivity contribution is 0.111. The molecule has 0 amide bonds. The third-order valence-corrected chi connectivity index (χ3v) is 3.66. The summed E-state index contributed by atoms with van der Waals surface area (Å²) in [5, 5.41) is 0. The molecule has 0 saturated carbocycles. The van der Waals surface area contributed by atoms with Gasteiger partial charge in [-0.25, -0.2) is 0 Å². The quantitative estimate of drug-likeness (QED) is 0.850. The average Bonchev–Trinajstić information content (AvgIpc) is 2.84. The minimum absolute atomic E-state index is 0.268. The number of nitrogens with two attached hydrogens (primary N) is 1. The van der Waals surface area contributed by atoms with Crippen LogP contribution >= 0.6 is 0 Å². The Morgan fingerprint density at radius 3 is 3.12 bits per heavy atom. The second kappa shape index (κ2) is 5.51. The maximum atomic E-state index is 5.88. The Hall–Kier alpha value is -0.800. The summed E-state index contributed by atoms with van der Waals surface area (Å²) in [6, 6.07) is 4.25. The zero-order chi connectivity index (χ0) is 11.4. The van der Waals surface area contributed by atoms with Crippen LogP contribution in [-0.2, 0) is 0 Å². The van der Waals surface area contributed by atoms with Gasteiger partial charge in [0.2, 0.25) is 0 Å². The Morgan fingerprint density at radius 2 is 2.50 bits per heavy atom. The van der Waals surface area contributed by atoms with Crippen molar-refractivity contribution in [2.45, 2.75) is 32.2 Å². The molecule has 2 unspecified atom stereocenters. The van der Waals surface area contributed by atoms with E-state index in [1.165, 1.54) is 25.8 Å². The largest absolute Gasteiger partial charge is 0.468 e. The highest BCUT2D eigenvalue weighted by atomic mass is 16.3. The molecule has 2 rings (SSSR count). The molecule has 1 aromatic rings. The van der Waals surface area contributed by atoms with Gasteiger partial charge in [-0.3, -0.25) is 4.90 Å². The number of nitrogens with zero attached hydrogens (tertiary/aromatic N) is 1. The van der Waals surface area contributed by atoms with E-state index in [4.69, 9.17) is 10.2 Å².